The molecule has 0 saturated heterocycles. The summed E-state index contributed by atoms with van der Waals surface area (Å²) >= 11 is 0. The Morgan fingerprint density at radius 3 is 2.54 bits per heavy atom. The minimum absolute atomic E-state index is 0.120. The number of rotatable bonds is 8. The van der Waals surface area contributed by atoms with E-state index in [2.05, 4.69) is 11.5 Å². The van der Waals surface area contributed by atoms with Gasteiger partial charge in [0, 0.05) is 29.8 Å². The van der Waals surface area contributed by atoms with Crippen molar-refractivity contribution >= 4 is 21.8 Å². The highest BCUT2D eigenvalue weighted by Gasteiger charge is 2.40. The number of allylic oxidation sites excluding steroid dienone is 3. The lowest BCUT2D eigenvalue weighted by atomic mass is 9.84. The third-order valence-electron chi connectivity index (χ3n) is 4.71. The number of hydrogen-bond acceptors (Lipinski definition) is 4. The van der Waals surface area contributed by atoms with Crippen LogP contribution in [0.2, 0.25) is 0 Å². The van der Waals surface area contributed by atoms with E-state index < -0.39 is 21.5 Å². The molecule has 1 aromatic carbocycles. The highest BCUT2D eigenvalue weighted by Crippen LogP contribution is 2.48. The first-order valence-electron chi connectivity index (χ1n) is 8.53. The van der Waals surface area contributed by atoms with Gasteiger partial charge in [-0.1, -0.05) is 32.9 Å². The van der Waals surface area contributed by atoms with Gasteiger partial charge < -0.3 is 10.0 Å². The first-order valence-corrected chi connectivity index (χ1v) is 9.97. The SMILES string of the molecule is C=C/C=C1\N(CCCCCC(=O)O)c2ccc(S(=O)(=O)O)cc2C1(C)C. The maximum atomic E-state index is 11.5. The number of benzene rings is 1. The number of nitrogens with zero attached hydrogens (tertiary/aromatic N) is 1. The molecule has 26 heavy (non-hydrogen) atoms. The van der Waals surface area contributed by atoms with E-state index in [9.17, 15) is 17.8 Å². The molecule has 1 aliphatic rings. The van der Waals surface area contributed by atoms with Crippen LogP contribution in [0.4, 0.5) is 5.69 Å². The van der Waals surface area contributed by atoms with Crippen molar-refractivity contribution in [2.75, 3.05) is 11.4 Å². The van der Waals surface area contributed by atoms with Crippen LogP contribution in [0.3, 0.4) is 0 Å². The Morgan fingerprint density at radius 2 is 1.96 bits per heavy atom. The van der Waals surface area contributed by atoms with Gasteiger partial charge in [0.05, 0.1) is 4.90 Å². The van der Waals surface area contributed by atoms with Gasteiger partial charge in [-0.25, -0.2) is 0 Å². The van der Waals surface area contributed by atoms with Gasteiger partial charge in [-0.15, -0.1) is 0 Å². The fraction of sp³-hybridized carbons (Fsp3) is 0.421. The molecule has 0 fully saturated rings. The molecule has 0 amide bonds. The van der Waals surface area contributed by atoms with E-state index in [0.29, 0.717) is 13.0 Å². The number of carboxylic acids is 1. The van der Waals surface area contributed by atoms with Crippen LogP contribution in [-0.2, 0) is 20.3 Å². The van der Waals surface area contributed by atoms with Crippen molar-refractivity contribution in [2.24, 2.45) is 0 Å². The van der Waals surface area contributed by atoms with Crippen molar-refractivity contribution < 1.29 is 22.9 Å². The fourth-order valence-electron chi connectivity index (χ4n) is 3.39. The number of carboxylic acid groups (broad SMARTS) is 1. The second kappa shape index (κ2) is 7.63. The Hall–Kier alpha value is -2.12. The van der Waals surface area contributed by atoms with Gasteiger partial charge in [0.2, 0.25) is 0 Å². The zero-order valence-electron chi connectivity index (χ0n) is 15.1. The Labute approximate surface area is 154 Å². The zero-order chi connectivity index (χ0) is 19.5. The minimum atomic E-state index is -4.27. The van der Waals surface area contributed by atoms with Gasteiger partial charge in [0.15, 0.2) is 0 Å². The Balaban J connectivity index is 2.32. The second-order valence-electron chi connectivity index (χ2n) is 6.92. The molecule has 0 aliphatic carbocycles. The molecule has 7 heteroatoms. The molecule has 2 rings (SSSR count). The number of hydrogen-bond donors (Lipinski definition) is 2. The molecule has 6 nitrogen and oxygen atoms in total. The first kappa shape index (κ1) is 20.2. The summed E-state index contributed by atoms with van der Waals surface area (Å²) in [7, 11) is -4.27. The monoisotopic (exact) mass is 379 g/mol. The van der Waals surface area contributed by atoms with Crippen molar-refractivity contribution in [1.29, 1.82) is 0 Å². The molecule has 0 atom stereocenters. The smallest absolute Gasteiger partial charge is 0.303 e. The van der Waals surface area contributed by atoms with Crippen LogP contribution in [0.25, 0.3) is 0 Å². The van der Waals surface area contributed by atoms with Crippen molar-refractivity contribution in [2.45, 2.75) is 49.8 Å². The lowest BCUT2D eigenvalue weighted by Crippen LogP contribution is -2.27. The Bertz CT molecular complexity index is 839. The third-order valence-corrected chi connectivity index (χ3v) is 5.56. The van der Waals surface area contributed by atoms with Crippen molar-refractivity contribution in [3.63, 3.8) is 0 Å². The molecule has 0 saturated carbocycles. The Kier molecular flexibility index (Phi) is 5.93. The highest BCUT2D eigenvalue weighted by atomic mass is 32.2. The Morgan fingerprint density at radius 1 is 1.27 bits per heavy atom. The number of fused-ring (bicyclic) bond motifs is 1. The summed E-state index contributed by atoms with van der Waals surface area (Å²) in [6, 6.07) is 4.63. The molecule has 0 aromatic heterocycles. The molecule has 1 heterocycles. The molecular formula is C19H25NO5S. The quantitative estimate of drug-likeness (QED) is 0.528. The van der Waals surface area contributed by atoms with Crippen LogP contribution in [-0.4, -0.2) is 30.6 Å². The van der Waals surface area contributed by atoms with Gasteiger partial charge in [-0.05, 0) is 42.7 Å². The van der Waals surface area contributed by atoms with Crippen LogP contribution >= 0.6 is 0 Å². The molecular weight excluding hydrogens is 354 g/mol. The zero-order valence-corrected chi connectivity index (χ0v) is 15.9. The van der Waals surface area contributed by atoms with E-state index in [-0.39, 0.29) is 11.3 Å². The van der Waals surface area contributed by atoms with Crippen LogP contribution in [0, 0.1) is 0 Å². The van der Waals surface area contributed by atoms with E-state index in [0.717, 1.165) is 29.8 Å². The van der Waals surface area contributed by atoms with Crippen molar-refractivity contribution in [3.8, 4) is 0 Å². The van der Waals surface area contributed by atoms with E-state index in [1.165, 1.54) is 12.1 Å². The van der Waals surface area contributed by atoms with Crippen LogP contribution in [0.15, 0.2) is 47.5 Å². The fourth-order valence-corrected chi connectivity index (χ4v) is 3.90. The van der Waals surface area contributed by atoms with Gasteiger partial charge >= 0.3 is 5.97 Å². The second-order valence-corrected chi connectivity index (χ2v) is 8.34. The summed E-state index contributed by atoms with van der Waals surface area (Å²) in [5.41, 5.74) is 2.28. The molecule has 0 spiro atoms. The summed E-state index contributed by atoms with van der Waals surface area (Å²) in [5.74, 6) is -0.789. The predicted octanol–water partition coefficient (Wildman–Crippen LogP) is 3.75. The minimum Gasteiger partial charge on any atom is -0.481 e. The van der Waals surface area contributed by atoms with E-state index in [1.54, 1.807) is 12.1 Å². The molecule has 142 valence electrons. The van der Waals surface area contributed by atoms with E-state index >= 15 is 0 Å². The lowest BCUT2D eigenvalue weighted by Gasteiger charge is -2.27. The van der Waals surface area contributed by atoms with E-state index in [4.69, 9.17) is 5.11 Å². The lowest BCUT2D eigenvalue weighted by molar-refractivity contribution is -0.137. The van der Waals surface area contributed by atoms with Crippen LogP contribution < -0.4 is 4.90 Å². The van der Waals surface area contributed by atoms with Gasteiger partial charge in [0.1, 0.15) is 0 Å². The number of aliphatic carboxylic acids is 1. The summed E-state index contributed by atoms with van der Waals surface area (Å²) in [5, 5.41) is 8.73. The topological polar surface area (TPSA) is 94.9 Å². The number of carbonyl (C=O) groups is 1. The van der Waals surface area contributed by atoms with Crippen molar-refractivity contribution in [1.82, 2.24) is 0 Å². The summed E-state index contributed by atoms with van der Waals surface area (Å²) in [4.78, 5) is 12.6. The first-order chi connectivity index (χ1) is 12.1. The van der Waals surface area contributed by atoms with Gasteiger partial charge in [-0.2, -0.15) is 8.42 Å². The maximum Gasteiger partial charge on any atom is 0.303 e. The number of unbranched alkanes of at least 4 members (excludes halogenated alkanes) is 2. The highest BCUT2D eigenvalue weighted by molar-refractivity contribution is 7.85. The summed E-state index contributed by atoms with van der Waals surface area (Å²) < 4.78 is 32.3. The van der Waals surface area contributed by atoms with Gasteiger partial charge in [-0.3, -0.25) is 9.35 Å². The van der Waals surface area contributed by atoms with Crippen molar-refractivity contribution in [3.05, 3.63) is 48.2 Å². The molecule has 1 aromatic rings. The third kappa shape index (κ3) is 4.16. The predicted molar refractivity (Wildman–Crippen MR) is 101 cm³/mol. The summed E-state index contributed by atoms with van der Waals surface area (Å²) in [6.07, 6.45) is 6.01. The molecule has 0 bridgehead atoms. The van der Waals surface area contributed by atoms with Crippen LogP contribution in [0.5, 0.6) is 0 Å². The molecule has 0 radical (unpaired) electrons. The molecule has 1 aliphatic heterocycles. The normalized spacial score (nSPS) is 17.3. The number of anilines is 1. The standard InChI is InChI=1S/C19H25NO5S/c1-4-8-17-19(2,3)15-13-14(26(23,24)25)10-11-16(15)20(17)12-7-5-6-9-18(21)22/h4,8,10-11,13H,1,5-7,9,12H2,2-3H3,(H,21,22)(H,23,24,25)/b17-8-. The molecule has 2 N–H and O–H groups in total. The maximum absolute atomic E-state index is 11.5. The van der Waals surface area contributed by atoms with Crippen LogP contribution in [0.1, 0.15) is 45.1 Å². The average molecular weight is 379 g/mol. The van der Waals surface area contributed by atoms with Gasteiger partial charge in [0.25, 0.3) is 10.1 Å². The largest absolute Gasteiger partial charge is 0.481 e. The summed E-state index contributed by atoms with van der Waals surface area (Å²) in [6.45, 7) is 8.46. The average Bonchev–Trinajstić information content (AvgIpc) is 2.74. The molecule has 0 unspecified atom stereocenters. The van der Waals surface area contributed by atoms with E-state index in [1.807, 2.05) is 19.9 Å².